The lowest BCUT2D eigenvalue weighted by molar-refractivity contribution is -0.133. The number of rotatable bonds is 4. The molecule has 0 atom stereocenters. The number of aliphatic carboxylic acids is 1. The number of halogens is 1. The van der Waals surface area contributed by atoms with Crippen LogP contribution >= 0.6 is 11.8 Å². The molecule has 0 aliphatic heterocycles. The SMILES string of the molecule is Nc1nnc(SCC(=O)O)n1-c1cccc(F)c1. The maximum Gasteiger partial charge on any atom is 0.313 e. The standard InChI is InChI=1S/C10H9FN4O2S/c11-6-2-1-3-7(4-6)15-9(12)13-14-10(15)18-5-8(16)17/h1-4H,5H2,(H2,12,13)(H,16,17). The van der Waals surface area contributed by atoms with Gasteiger partial charge in [-0.2, -0.15) is 0 Å². The Hall–Kier alpha value is -2.09. The predicted molar refractivity (Wildman–Crippen MR) is 64.1 cm³/mol. The predicted octanol–water partition coefficient (Wildman–Crippen LogP) is 1.17. The number of hydrogen-bond acceptors (Lipinski definition) is 5. The number of carboxylic acid groups (broad SMARTS) is 1. The molecule has 1 aromatic heterocycles. The lowest BCUT2D eigenvalue weighted by Gasteiger charge is -2.06. The van der Waals surface area contributed by atoms with Gasteiger partial charge in [-0.05, 0) is 18.2 Å². The molecule has 18 heavy (non-hydrogen) atoms. The van der Waals surface area contributed by atoms with Crippen molar-refractivity contribution in [2.75, 3.05) is 11.5 Å². The molecule has 1 aromatic carbocycles. The first-order valence-electron chi connectivity index (χ1n) is 4.89. The molecule has 0 unspecified atom stereocenters. The molecule has 0 spiro atoms. The Balaban J connectivity index is 2.37. The summed E-state index contributed by atoms with van der Waals surface area (Å²) >= 11 is 0.964. The molecular weight excluding hydrogens is 259 g/mol. The molecule has 2 aromatic rings. The van der Waals surface area contributed by atoms with Gasteiger partial charge in [-0.25, -0.2) is 4.39 Å². The van der Waals surface area contributed by atoms with E-state index in [-0.39, 0.29) is 11.7 Å². The number of carboxylic acids is 1. The van der Waals surface area contributed by atoms with Crippen molar-refractivity contribution >= 4 is 23.7 Å². The molecule has 0 saturated heterocycles. The van der Waals surface area contributed by atoms with E-state index in [1.165, 1.54) is 22.8 Å². The first-order valence-corrected chi connectivity index (χ1v) is 5.88. The van der Waals surface area contributed by atoms with Gasteiger partial charge < -0.3 is 10.8 Å². The van der Waals surface area contributed by atoms with Gasteiger partial charge in [0, 0.05) is 0 Å². The smallest absolute Gasteiger partial charge is 0.313 e. The largest absolute Gasteiger partial charge is 0.481 e. The van der Waals surface area contributed by atoms with E-state index in [2.05, 4.69) is 10.2 Å². The summed E-state index contributed by atoms with van der Waals surface area (Å²) in [6.07, 6.45) is 0. The van der Waals surface area contributed by atoms with Crippen LogP contribution in [-0.4, -0.2) is 31.6 Å². The van der Waals surface area contributed by atoms with Crippen molar-refractivity contribution in [2.24, 2.45) is 0 Å². The minimum absolute atomic E-state index is 0.0773. The first-order chi connectivity index (χ1) is 8.58. The van der Waals surface area contributed by atoms with E-state index in [0.29, 0.717) is 10.8 Å². The summed E-state index contributed by atoms with van der Waals surface area (Å²) in [5.41, 5.74) is 6.09. The summed E-state index contributed by atoms with van der Waals surface area (Å²) in [6.45, 7) is 0. The zero-order chi connectivity index (χ0) is 13.1. The third-order valence-electron chi connectivity index (χ3n) is 2.05. The molecule has 94 valence electrons. The van der Waals surface area contributed by atoms with Crippen LogP contribution in [0.3, 0.4) is 0 Å². The number of nitrogens with zero attached hydrogens (tertiary/aromatic N) is 3. The molecule has 8 heteroatoms. The Morgan fingerprint density at radius 3 is 2.94 bits per heavy atom. The lowest BCUT2D eigenvalue weighted by Crippen LogP contribution is -2.04. The minimum Gasteiger partial charge on any atom is -0.481 e. The summed E-state index contributed by atoms with van der Waals surface area (Å²) in [5.74, 6) is -1.50. The first kappa shape index (κ1) is 12.4. The molecule has 1 heterocycles. The van der Waals surface area contributed by atoms with Gasteiger partial charge in [0.15, 0.2) is 5.16 Å². The summed E-state index contributed by atoms with van der Waals surface area (Å²) in [4.78, 5) is 10.5. The Kier molecular flexibility index (Phi) is 3.47. The van der Waals surface area contributed by atoms with Crippen LogP contribution in [0.2, 0.25) is 0 Å². The number of nitrogen functional groups attached to an aromatic ring is 1. The molecule has 0 radical (unpaired) electrons. The number of anilines is 1. The van der Waals surface area contributed by atoms with E-state index < -0.39 is 11.8 Å². The number of aromatic nitrogens is 3. The van der Waals surface area contributed by atoms with Gasteiger partial charge in [-0.15, -0.1) is 10.2 Å². The van der Waals surface area contributed by atoms with Crippen molar-refractivity contribution in [3.05, 3.63) is 30.1 Å². The van der Waals surface area contributed by atoms with Gasteiger partial charge >= 0.3 is 5.97 Å². The van der Waals surface area contributed by atoms with Crippen molar-refractivity contribution in [3.63, 3.8) is 0 Å². The van der Waals surface area contributed by atoms with Crippen LogP contribution in [0.25, 0.3) is 5.69 Å². The van der Waals surface area contributed by atoms with Crippen molar-refractivity contribution in [1.82, 2.24) is 14.8 Å². The van der Waals surface area contributed by atoms with E-state index >= 15 is 0 Å². The van der Waals surface area contributed by atoms with E-state index in [0.717, 1.165) is 11.8 Å². The highest BCUT2D eigenvalue weighted by Gasteiger charge is 2.13. The minimum atomic E-state index is -0.979. The maximum absolute atomic E-state index is 13.1. The number of carbonyl (C=O) groups is 1. The van der Waals surface area contributed by atoms with E-state index in [9.17, 15) is 9.18 Å². The monoisotopic (exact) mass is 268 g/mol. The number of thioether (sulfide) groups is 1. The van der Waals surface area contributed by atoms with Crippen LogP contribution < -0.4 is 5.73 Å². The molecule has 0 fully saturated rings. The Morgan fingerprint density at radius 2 is 2.28 bits per heavy atom. The van der Waals surface area contributed by atoms with Gasteiger partial charge in [0.25, 0.3) is 0 Å². The van der Waals surface area contributed by atoms with Crippen LogP contribution in [0, 0.1) is 5.82 Å². The fraction of sp³-hybridized carbons (Fsp3) is 0.100. The average molecular weight is 268 g/mol. The van der Waals surface area contributed by atoms with Gasteiger partial charge in [0.1, 0.15) is 5.82 Å². The fourth-order valence-electron chi connectivity index (χ4n) is 1.36. The van der Waals surface area contributed by atoms with Crippen LogP contribution in [0.1, 0.15) is 0 Å². The molecule has 6 nitrogen and oxygen atoms in total. The molecular formula is C10H9FN4O2S. The lowest BCUT2D eigenvalue weighted by atomic mass is 10.3. The summed E-state index contributed by atoms with van der Waals surface area (Å²) in [6, 6.07) is 5.72. The number of nitrogens with two attached hydrogens (primary N) is 1. The normalized spacial score (nSPS) is 10.5. The molecule has 0 bridgehead atoms. The fourth-order valence-corrected chi connectivity index (χ4v) is 2.04. The van der Waals surface area contributed by atoms with E-state index in [4.69, 9.17) is 10.8 Å². The van der Waals surface area contributed by atoms with Crippen molar-refractivity contribution in [1.29, 1.82) is 0 Å². The molecule has 2 rings (SSSR count). The summed E-state index contributed by atoms with van der Waals surface area (Å²) < 4.78 is 14.5. The van der Waals surface area contributed by atoms with Crippen LogP contribution in [0.4, 0.5) is 10.3 Å². The quantitative estimate of drug-likeness (QED) is 0.808. The average Bonchev–Trinajstić information content (AvgIpc) is 2.68. The van der Waals surface area contributed by atoms with Crippen molar-refractivity contribution in [3.8, 4) is 5.69 Å². The van der Waals surface area contributed by atoms with Crippen LogP contribution in [0.5, 0.6) is 0 Å². The van der Waals surface area contributed by atoms with Crippen LogP contribution in [0.15, 0.2) is 29.4 Å². The van der Waals surface area contributed by atoms with E-state index in [1.807, 2.05) is 0 Å². The second kappa shape index (κ2) is 5.05. The third kappa shape index (κ3) is 2.59. The zero-order valence-corrected chi connectivity index (χ0v) is 9.89. The van der Waals surface area contributed by atoms with E-state index in [1.54, 1.807) is 6.07 Å². The van der Waals surface area contributed by atoms with Crippen molar-refractivity contribution in [2.45, 2.75) is 5.16 Å². The van der Waals surface area contributed by atoms with Gasteiger partial charge in [-0.1, -0.05) is 17.8 Å². The molecule has 0 saturated carbocycles. The van der Waals surface area contributed by atoms with Gasteiger partial charge in [-0.3, -0.25) is 9.36 Å². The Labute approximate surface area is 106 Å². The highest BCUT2D eigenvalue weighted by Crippen LogP contribution is 2.23. The Bertz CT molecular complexity index is 587. The zero-order valence-electron chi connectivity index (χ0n) is 9.08. The second-order valence-corrected chi connectivity index (χ2v) is 4.28. The highest BCUT2D eigenvalue weighted by atomic mass is 32.2. The molecule has 0 aliphatic carbocycles. The molecule has 0 amide bonds. The Morgan fingerprint density at radius 1 is 1.50 bits per heavy atom. The van der Waals surface area contributed by atoms with Gasteiger partial charge in [0.05, 0.1) is 11.4 Å². The number of hydrogen-bond donors (Lipinski definition) is 2. The highest BCUT2D eigenvalue weighted by molar-refractivity contribution is 7.99. The van der Waals surface area contributed by atoms with Crippen molar-refractivity contribution < 1.29 is 14.3 Å². The third-order valence-corrected chi connectivity index (χ3v) is 2.96. The molecule has 0 aliphatic rings. The van der Waals surface area contributed by atoms with Gasteiger partial charge in [0.2, 0.25) is 5.95 Å². The molecule has 3 N–H and O–H groups in total. The number of benzene rings is 1. The van der Waals surface area contributed by atoms with Crippen LogP contribution in [-0.2, 0) is 4.79 Å². The second-order valence-electron chi connectivity index (χ2n) is 3.34. The topological polar surface area (TPSA) is 94.0 Å². The summed E-state index contributed by atoms with van der Waals surface area (Å²) in [5, 5.41) is 16.3. The summed E-state index contributed by atoms with van der Waals surface area (Å²) in [7, 11) is 0. The maximum atomic E-state index is 13.1.